The normalized spacial score (nSPS) is 15.3. The number of likely N-dealkylation sites (tertiary alicyclic amines) is 1. The van der Waals surface area contributed by atoms with Gasteiger partial charge in [0, 0.05) is 30.2 Å². The summed E-state index contributed by atoms with van der Waals surface area (Å²) in [6, 6.07) is 7.16. The molecular weight excluding hydrogens is 244 g/mol. The molecule has 1 fully saturated rings. The van der Waals surface area contributed by atoms with Gasteiger partial charge >= 0.3 is 6.03 Å². The van der Waals surface area contributed by atoms with Crippen LogP contribution in [0.5, 0.6) is 0 Å². The van der Waals surface area contributed by atoms with Crippen LogP contribution < -0.4 is 11.1 Å². The summed E-state index contributed by atoms with van der Waals surface area (Å²) >= 11 is 0. The smallest absolute Gasteiger partial charge is 0.314 e. The Bertz CT molecular complexity index is 643. The van der Waals surface area contributed by atoms with E-state index in [1.54, 1.807) is 6.20 Å². The predicted molar refractivity (Wildman–Crippen MR) is 70.7 cm³/mol. The number of fused-ring (bicyclic) bond motifs is 1. The van der Waals surface area contributed by atoms with Gasteiger partial charge in [-0.3, -0.25) is 4.79 Å². The maximum absolute atomic E-state index is 12.1. The number of urea groups is 1. The van der Waals surface area contributed by atoms with Crippen molar-refractivity contribution < 1.29 is 9.59 Å². The Labute approximate surface area is 109 Å². The fraction of sp³-hybridized carbons (Fsp3) is 0.231. The summed E-state index contributed by atoms with van der Waals surface area (Å²) in [4.78, 5) is 27.5. The first kappa shape index (κ1) is 11.6. The molecule has 0 radical (unpaired) electrons. The lowest BCUT2D eigenvalue weighted by atomic mass is 10.1. The Kier molecular flexibility index (Phi) is 2.63. The summed E-state index contributed by atoms with van der Waals surface area (Å²) in [7, 11) is 0. The number of carbonyl (C=O) groups is 2. The highest BCUT2D eigenvalue weighted by Gasteiger charge is 2.30. The van der Waals surface area contributed by atoms with E-state index in [4.69, 9.17) is 5.73 Å². The topological polar surface area (TPSA) is 91.2 Å². The maximum atomic E-state index is 12.1. The summed E-state index contributed by atoms with van der Waals surface area (Å²) in [6.45, 7) is 0.951. The van der Waals surface area contributed by atoms with Gasteiger partial charge in [0.15, 0.2) is 0 Å². The van der Waals surface area contributed by atoms with Crippen LogP contribution in [0.2, 0.25) is 0 Å². The summed E-state index contributed by atoms with van der Waals surface area (Å²) < 4.78 is 0. The first-order chi connectivity index (χ1) is 9.15. The van der Waals surface area contributed by atoms with E-state index < -0.39 is 6.03 Å². The van der Waals surface area contributed by atoms with Crippen LogP contribution in [0.1, 0.15) is 10.4 Å². The Morgan fingerprint density at radius 1 is 1.32 bits per heavy atom. The molecule has 0 spiro atoms. The Balaban J connectivity index is 1.70. The van der Waals surface area contributed by atoms with Gasteiger partial charge in [0.25, 0.3) is 5.91 Å². The zero-order valence-electron chi connectivity index (χ0n) is 10.2. The molecule has 2 heterocycles. The number of para-hydroxylation sites is 1. The average molecular weight is 258 g/mol. The van der Waals surface area contributed by atoms with E-state index in [2.05, 4.69) is 10.3 Å². The predicted octanol–water partition coefficient (Wildman–Crippen LogP) is 0.661. The molecule has 0 saturated carbocycles. The number of nitrogens with two attached hydrogens (primary N) is 1. The van der Waals surface area contributed by atoms with Crippen molar-refractivity contribution >= 4 is 22.8 Å². The molecule has 0 atom stereocenters. The highest BCUT2D eigenvalue weighted by Crippen LogP contribution is 2.18. The third-order valence-electron chi connectivity index (χ3n) is 3.36. The number of amides is 3. The van der Waals surface area contributed by atoms with Crippen molar-refractivity contribution in [2.24, 2.45) is 5.73 Å². The van der Waals surface area contributed by atoms with Crippen molar-refractivity contribution in [3.63, 3.8) is 0 Å². The second-order valence-corrected chi connectivity index (χ2v) is 4.66. The number of primary amides is 1. The Morgan fingerprint density at radius 3 is 2.79 bits per heavy atom. The molecule has 0 bridgehead atoms. The largest absolute Gasteiger partial charge is 0.360 e. The van der Waals surface area contributed by atoms with Crippen molar-refractivity contribution in [3.05, 3.63) is 36.0 Å². The van der Waals surface area contributed by atoms with Crippen molar-refractivity contribution in [2.45, 2.75) is 6.04 Å². The van der Waals surface area contributed by atoms with E-state index in [-0.39, 0.29) is 11.9 Å². The Morgan fingerprint density at radius 2 is 2.05 bits per heavy atom. The highest BCUT2D eigenvalue weighted by atomic mass is 16.2. The van der Waals surface area contributed by atoms with Gasteiger partial charge in [0.1, 0.15) is 0 Å². The van der Waals surface area contributed by atoms with Gasteiger partial charge in [0.05, 0.1) is 11.6 Å². The lowest BCUT2D eigenvalue weighted by molar-refractivity contribution is 0.0863. The summed E-state index contributed by atoms with van der Waals surface area (Å²) in [6.07, 6.45) is 1.70. The second kappa shape index (κ2) is 4.31. The molecule has 1 aromatic heterocycles. The monoisotopic (exact) mass is 258 g/mol. The number of nitrogens with one attached hydrogen (secondary N) is 2. The van der Waals surface area contributed by atoms with Crippen molar-refractivity contribution in [1.29, 1.82) is 0 Å². The third kappa shape index (κ3) is 2.01. The zero-order chi connectivity index (χ0) is 13.4. The molecule has 3 rings (SSSR count). The van der Waals surface area contributed by atoms with E-state index >= 15 is 0 Å². The molecule has 1 aliphatic rings. The van der Waals surface area contributed by atoms with Gasteiger partial charge in [-0.15, -0.1) is 0 Å². The highest BCUT2D eigenvalue weighted by molar-refractivity contribution is 6.06. The third-order valence-corrected chi connectivity index (χ3v) is 3.36. The summed E-state index contributed by atoms with van der Waals surface area (Å²) in [5.41, 5.74) is 6.68. The fourth-order valence-electron chi connectivity index (χ4n) is 2.27. The van der Waals surface area contributed by atoms with Gasteiger partial charge in [-0.2, -0.15) is 0 Å². The summed E-state index contributed by atoms with van der Waals surface area (Å²) in [5.74, 6) is -0.133. The molecule has 6 nitrogen and oxygen atoms in total. The van der Waals surface area contributed by atoms with Gasteiger partial charge in [-0.1, -0.05) is 18.2 Å². The van der Waals surface area contributed by atoms with Crippen LogP contribution >= 0.6 is 0 Å². The van der Waals surface area contributed by atoms with E-state index in [1.807, 2.05) is 24.3 Å². The van der Waals surface area contributed by atoms with Crippen LogP contribution in [-0.2, 0) is 0 Å². The minimum absolute atomic E-state index is 0.0198. The van der Waals surface area contributed by atoms with Crippen molar-refractivity contribution in [3.8, 4) is 0 Å². The minimum Gasteiger partial charge on any atom is -0.360 e. The lowest BCUT2D eigenvalue weighted by Gasteiger charge is -2.38. The molecule has 0 aliphatic carbocycles. The first-order valence-corrected chi connectivity index (χ1v) is 6.06. The molecule has 4 N–H and O–H groups in total. The van der Waals surface area contributed by atoms with Crippen LogP contribution in [0.25, 0.3) is 10.9 Å². The average Bonchev–Trinajstić information content (AvgIpc) is 2.76. The SMILES string of the molecule is NC(=O)N1CC(NC(=O)c2c[nH]c3ccccc23)C1. The molecule has 2 aromatic rings. The van der Waals surface area contributed by atoms with E-state index in [0.717, 1.165) is 10.9 Å². The van der Waals surface area contributed by atoms with E-state index in [1.165, 1.54) is 4.90 Å². The molecular formula is C13H14N4O2. The number of carbonyl (C=O) groups excluding carboxylic acids is 2. The van der Waals surface area contributed by atoms with E-state index in [9.17, 15) is 9.59 Å². The standard InChI is InChI=1S/C13H14N4O2/c14-13(19)17-6-8(7-17)16-12(18)10-5-15-11-4-2-1-3-9(10)11/h1-5,8,15H,6-7H2,(H2,14,19)(H,16,18). The number of benzene rings is 1. The molecule has 1 aliphatic heterocycles. The number of nitrogens with zero attached hydrogens (tertiary/aromatic N) is 1. The number of hydrogen-bond acceptors (Lipinski definition) is 2. The molecule has 1 aromatic carbocycles. The molecule has 6 heteroatoms. The second-order valence-electron chi connectivity index (χ2n) is 4.66. The number of hydrogen-bond donors (Lipinski definition) is 3. The number of aromatic nitrogens is 1. The Hall–Kier alpha value is -2.50. The lowest BCUT2D eigenvalue weighted by Crippen LogP contribution is -2.62. The van der Waals surface area contributed by atoms with Crippen LogP contribution in [-0.4, -0.2) is 41.0 Å². The molecule has 19 heavy (non-hydrogen) atoms. The van der Waals surface area contributed by atoms with E-state index in [0.29, 0.717) is 18.7 Å². The number of rotatable bonds is 2. The van der Waals surface area contributed by atoms with Crippen LogP contribution in [0.4, 0.5) is 4.79 Å². The quantitative estimate of drug-likeness (QED) is 0.738. The summed E-state index contributed by atoms with van der Waals surface area (Å²) in [5, 5.41) is 3.78. The van der Waals surface area contributed by atoms with Crippen molar-refractivity contribution in [1.82, 2.24) is 15.2 Å². The zero-order valence-corrected chi connectivity index (χ0v) is 10.2. The molecule has 1 saturated heterocycles. The van der Waals surface area contributed by atoms with Gasteiger partial charge in [0.2, 0.25) is 0 Å². The van der Waals surface area contributed by atoms with Crippen molar-refractivity contribution in [2.75, 3.05) is 13.1 Å². The molecule has 0 unspecified atom stereocenters. The van der Waals surface area contributed by atoms with Crippen LogP contribution in [0.3, 0.4) is 0 Å². The first-order valence-electron chi connectivity index (χ1n) is 6.06. The van der Waals surface area contributed by atoms with Crippen LogP contribution in [0.15, 0.2) is 30.5 Å². The molecule has 98 valence electrons. The number of aromatic amines is 1. The number of H-pyrrole nitrogens is 1. The van der Waals surface area contributed by atoms with Gasteiger partial charge in [-0.25, -0.2) is 4.79 Å². The van der Waals surface area contributed by atoms with Gasteiger partial charge in [-0.05, 0) is 6.07 Å². The minimum atomic E-state index is -0.447. The fourth-order valence-corrected chi connectivity index (χ4v) is 2.27. The van der Waals surface area contributed by atoms with Crippen LogP contribution in [0, 0.1) is 0 Å². The molecule has 3 amide bonds. The maximum Gasteiger partial charge on any atom is 0.314 e. The van der Waals surface area contributed by atoms with Gasteiger partial charge < -0.3 is 20.9 Å².